The molecular formula is C6H6N2O4S. The molecule has 1 aromatic heterocycles. The summed E-state index contributed by atoms with van der Waals surface area (Å²) < 4.78 is 0. The van der Waals surface area contributed by atoms with Gasteiger partial charge in [0.05, 0.1) is 5.69 Å². The number of thiazole rings is 1. The number of anilines is 1. The van der Waals surface area contributed by atoms with Crippen molar-refractivity contribution in [2.75, 3.05) is 5.73 Å². The molecule has 0 unspecified atom stereocenters. The minimum absolute atomic E-state index is 0.0394. The van der Waals surface area contributed by atoms with E-state index < -0.39 is 17.9 Å². The minimum Gasteiger partial charge on any atom is -0.480 e. The molecule has 0 saturated heterocycles. The van der Waals surface area contributed by atoms with Crippen molar-refractivity contribution < 1.29 is 19.8 Å². The van der Waals surface area contributed by atoms with Gasteiger partial charge in [-0.15, -0.1) is 11.3 Å². The molecule has 1 rings (SSSR count). The summed E-state index contributed by atoms with van der Waals surface area (Å²) in [4.78, 5) is 24.6. The first kappa shape index (κ1) is 9.46. The molecule has 4 N–H and O–H groups in total. The summed E-state index contributed by atoms with van der Waals surface area (Å²) in [5.74, 6) is -4.52. The smallest absolute Gasteiger partial charge is 0.324 e. The van der Waals surface area contributed by atoms with E-state index in [0.717, 1.165) is 11.3 Å². The third-order valence-corrected chi connectivity index (χ3v) is 2.02. The summed E-state index contributed by atoms with van der Waals surface area (Å²) in [6.07, 6.45) is 0. The van der Waals surface area contributed by atoms with Crippen LogP contribution in [0, 0.1) is 0 Å². The molecular weight excluding hydrogens is 196 g/mol. The number of carboxylic acid groups (broad SMARTS) is 2. The normalized spacial score (nSPS) is 10.2. The van der Waals surface area contributed by atoms with Gasteiger partial charge in [-0.25, -0.2) is 4.98 Å². The fourth-order valence-electron chi connectivity index (χ4n) is 0.792. The second-order valence-corrected chi connectivity index (χ2v) is 3.11. The van der Waals surface area contributed by atoms with Crippen molar-refractivity contribution in [2.24, 2.45) is 0 Å². The van der Waals surface area contributed by atoms with Crippen LogP contribution in [0.1, 0.15) is 11.6 Å². The van der Waals surface area contributed by atoms with Crippen LogP contribution in [0.3, 0.4) is 0 Å². The maximum Gasteiger partial charge on any atom is 0.324 e. The Morgan fingerprint density at radius 1 is 1.46 bits per heavy atom. The molecule has 70 valence electrons. The molecule has 1 heterocycles. The average molecular weight is 202 g/mol. The number of nitrogens with zero attached hydrogens (tertiary/aromatic N) is 1. The van der Waals surface area contributed by atoms with Crippen LogP contribution in [0.25, 0.3) is 0 Å². The lowest BCUT2D eigenvalue weighted by molar-refractivity contribution is -0.150. The third-order valence-electron chi connectivity index (χ3n) is 1.33. The molecule has 7 heteroatoms. The van der Waals surface area contributed by atoms with Crippen molar-refractivity contribution in [1.29, 1.82) is 0 Å². The average Bonchev–Trinajstić information content (AvgIpc) is 2.34. The van der Waals surface area contributed by atoms with Gasteiger partial charge in [0, 0.05) is 5.38 Å². The van der Waals surface area contributed by atoms with Crippen molar-refractivity contribution in [2.45, 2.75) is 5.92 Å². The van der Waals surface area contributed by atoms with E-state index in [1.165, 1.54) is 5.38 Å². The van der Waals surface area contributed by atoms with Crippen molar-refractivity contribution in [3.8, 4) is 0 Å². The number of nitrogen functional groups attached to an aromatic ring is 1. The zero-order valence-corrected chi connectivity index (χ0v) is 7.11. The Kier molecular flexibility index (Phi) is 2.47. The Morgan fingerprint density at radius 2 is 2.00 bits per heavy atom. The molecule has 0 aromatic carbocycles. The van der Waals surface area contributed by atoms with Crippen LogP contribution in [0.2, 0.25) is 0 Å². The number of rotatable bonds is 3. The van der Waals surface area contributed by atoms with E-state index in [4.69, 9.17) is 15.9 Å². The number of carboxylic acids is 2. The summed E-state index contributed by atoms with van der Waals surface area (Å²) in [7, 11) is 0. The zero-order chi connectivity index (χ0) is 10.0. The summed E-state index contributed by atoms with van der Waals surface area (Å²) in [6, 6.07) is 0. The number of carbonyl (C=O) groups is 2. The molecule has 0 saturated carbocycles. The van der Waals surface area contributed by atoms with Gasteiger partial charge in [0.15, 0.2) is 11.0 Å². The van der Waals surface area contributed by atoms with E-state index in [1.54, 1.807) is 0 Å². The van der Waals surface area contributed by atoms with Crippen LogP contribution < -0.4 is 5.73 Å². The highest BCUT2D eigenvalue weighted by atomic mass is 32.1. The highest BCUT2D eigenvalue weighted by molar-refractivity contribution is 7.13. The fraction of sp³-hybridized carbons (Fsp3) is 0.167. The monoisotopic (exact) mass is 202 g/mol. The SMILES string of the molecule is Nc1nc(C(C(=O)O)C(=O)O)cs1. The highest BCUT2D eigenvalue weighted by Gasteiger charge is 2.30. The molecule has 13 heavy (non-hydrogen) atoms. The molecule has 0 radical (unpaired) electrons. The molecule has 0 atom stereocenters. The largest absolute Gasteiger partial charge is 0.480 e. The predicted octanol–water partition coefficient (Wildman–Crippen LogP) is -0.0219. The van der Waals surface area contributed by atoms with E-state index in [-0.39, 0.29) is 10.8 Å². The lowest BCUT2D eigenvalue weighted by Gasteiger charge is -2.01. The summed E-state index contributed by atoms with van der Waals surface area (Å²) in [5, 5.41) is 18.6. The first-order valence-corrected chi connectivity index (χ1v) is 4.07. The van der Waals surface area contributed by atoms with Crippen LogP contribution in [-0.2, 0) is 9.59 Å². The first-order chi connectivity index (χ1) is 6.02. The predicted molar refractivity (Wildman–Crippen MR) is 44.5 cm³/mol. The molecule has 0 aliphatic carbocycles. The maximum atomic E-state index is 10.5. The van der Waals surface area contributed by atoms with Crippen LogP contribution in [-0.4, -0.2) is 27.1 Å². The number of aliphatic carboxylic acids is 2. The number of nitrogens with two attached hydrogens (primary N) is 1. The molecule has 0 aliphatic heterocycles. The van der Waals surface area contributed by atoms with Crippen LogP contribution in [0.15, 0.2) is 5.38 Å². The highest BCUT2D eigenvalue weighted by Crippen LogP contribution is 2.20. The van der Waals surface area contributed by atoms with Gasteiger partial charge in [0.25, 0.3) is 0 Å². The van der Waals surface area contributed by atoms with Gasteiger partial charge in [0.1, 0.15) is 0 Å². The van der Waals surface area contributed by atoms with Gasteiger partial charge < -0.3 is 15.9 Å². The van der Waals surface area contributed by atoms with Gasteiger partial charge >= 0.3 is 11.9 Å². The van der Waals surface area contributed by atoms with Gasteiger partial charge in [-0.3, -0.25) is 9.59 Å². The summed E-state index contributed by atoms with van der Waals surface area (Å²) in [5.41, 5.74) is 5.20. The van der Waals surface area contributed by atoms with E-state index in [0.29, 0.717) is 0 Å². The van der Waals surface area contributed by atoms with Crippen LogP contribution >= 0.6 is 11.3 Å². The molecule has 6 nitrogen and oxygen atoms in total. The standard InChI is InChI=1S/C6H6N2O4S/c7-6-8-2(1-13-6)3(4(9)10)5(11)12/h1,3H,(H2,7,8)(H,9,10)(H,11,12). The fourth-order valence-corrected chi connectivity index (χ4v) is 1.38. The third kappa shape index (κ3) is 1.94. The first-order valence-electron chi connectivity index (χ1n) is 3.19. The summed E-state index contributed by atoms with van der Waals surface area (Å²) in [6.45, 7) is 0. The maximum absolute atomic E-state index is 10.5. The number of hydrogen-bond donors (Lipinski definition) is 3. The number of aromatic nitrogens is 1. The van der Waals surface area contributed by atoms with Crippen molar-refractivity contribution in [3.63, 3.8) is 0 Å². The van der Waals surface area contributed by atoms with Gasteiger partial charge in [-0.1, -0.05) is 0 Å². The lowest BCUT2D eigenvalue weighted by Crippen LogP contribution is -2.21. The molecule has 0 fully saturated rings. The molecule has 0 amide bonds. The minimum atomic E-state index is -1.63. The molecule has 0 spiro atoms. The zero-order valence-electron chi connectivity index (χ0n) is 6.30. The van der Waals surface area contributed by atoms with E-state index in [1.807, 2.05) is 0 Å². The lowest BCUT2D eigenvalue weighted by atomic mass is 10.1. The second-order valence-electron chi connectivity index (χ2n) is 2.22. The van der Waals surface area contributed by atoms with E-state index in [9.17, 15) is 9.59 Å². The number of hydrogen-bond acceptors (Lipinski definition) is 5. The van der Waals surface area contributed by atoms with Crippen molar-refractivity contribution in [1.82, 2.24) is 4.98 Å². The van der Waals surface area contributed by atoms with Crippen molar-refractivity contribution >= 4 is 28.4 Å². The Hall–Kier alpha value is -1.63. The Labute approximate surface area is 76.6 Å². The molecule has 1 aromatic rings. The van der Waals surface area contributed by atoms with E-state index >= 15 is 0 Å². The van der Waals surface area contributed by atoms with Crippen molar-refractivity contribution in [3.05, 3.63) is 11.1 Å². The van der Waals surface area contributed by atoms with Gasteiger partial charge in [-0.2, -0.15) is 0 Å². The second kappa shape index (κ2) is 3.40. The summed E-state index contributed by atoms with van der Waals surface area (Å²) >= 11 is 1.01. The van der Waals surface area contributed by atoms with Crippen LogP contribution in [0.4, 0.5) is 5.13 Å². The Balaban J connectivity index is 3.02. The van der Waals surface area contributed by atoms with E-state index in [2.05, 4.69) is 4.98 Å². The molecule has 0 aliphatic rings. The topological polar surface area (TPSA) is 114 Å². The van der Waals surface area contributed by atoms with Gasteiger partial charge in [0.2, 0.25) is 0 Å². The quantitative estimate of drug-likeness (QED) is 0.593. The molecule has 0 bridgehead atoms. The Bertz CT molecular complexity index is 334. The Morgan fingerprint density at radius 3 is 2.31 bits per heavy atom. The van der Waals surface area contributed by atoms with Gasteiger partial charge in [-0.05, 0) is 0 Å². The van der Waals surface area contributed by atoms with Crippen LogP contribution in [0.5, 0.6) is 0 Å².